The first-order valence-electron chi connectivity index (χ1n) is 7.43. The van der Waals surface area contributed by atoms with Crippen molar-refractivity contribution >= 4 is 24.1 Å². The number of benzene rings is 1. The van der Waals surface area contributed by atoms with Crippen LogP contribution in [-0.4, -0.2) is 31.4 Å². The molecule has 0 spiro atoms. The van der Waals surface area contributed by atoms with Crippen LogP contribution in [0.5, 0.6) is 0 Å². The Balaban J connectivity index is 2.19. The Kier molecular flexibility index (Phi) is 5.18. The number of carbonyl (C=O) groups is 2. The van der Waals surface area contributed by atoms with Crippen LogP contribution < -0.4 is 5.43 Å². The van der Waals surface area contributed by atoms with E-state index >= 15 is 0 Å². The third-order valence-electron chi connectivity index (χ3n) is 3.45. The molecule has 2 aromatic rings. The van der Waals surface area contributed by atoms with Crippen molar-refractivity contribution in [1.82, 2.24) is 14.5 Å². The molecule has 1 unspecified atom stereocenters. The van der Waals surface area contributed by atoms with Crippen molar-refractivity contribution in [2.24, 2.45) is 5.41 Å². The Morgan fingerprint density at radius 2 is 1.92 bits per heavy atom. The molecule has 1 amide bonds. The van der Waals surface area contributed by atoms with E-state index in [0.29, 0.717) is 0 Å². The summed E-state index contributed by atoms with van der Waals surface area (Å²) >= 11 is 5.26. The zero-order chi connectivity index (χ0) is 17.9. The van der Waals surface area contributed by atoms with E-state index < -0.39 is 17.4 Å². The van der Waals surface area contributed by atoms with Gasteiger partial charge in [-0.25, -0.2) is 14.2 Å². The molecular formula is C16H20N4O3S. The number of hydrogen-bond acceptors (Lipinski definition) is 4. The molecule has 0 aliphatic heterocycles. The van der Waals surface area contributed by atoms with Gasteiger partial charge in [-0.15, -0.1) is 0 Å². The molecule has 1 heterocycles. The molecule has 2 rings (SSSR count). The fourth-order valence-electron chi connectivity index (χ4n) is 2.37. The lowest BCUT2D eigenvalue weighted by atomic mass is 9.87. The number of amides is 1. The van der Waals surface area contributed by atoms with Gasteiger partial charge in [0, 0.05) is 0 Å². The highest BCUT2D eigenvalue weighted by Gasteiger charge is 2.34. The minimum absolute atomic E-state index is 0.124. The van der Waals surface area contributed by atoms with Crippen LogP contribution in [-0.2, 0) is 16.0 Å². The number of carboxylic acids is 1. The second-order valence-electron chi connectivity index (χ2n) is 6.53. The van der Waals surface area contributed by atoms with Crippen molar-refractivity contribution in [1.29, 1.82) is 0 Å². The van der Waals surface area contributed by atoms with Crippen LogP contribution in [0, 0.1) is 10.2 Å². The topological polar surface area (TPSA) is 89.2 Å². The summed E-state index contributed by atoms with van der Waals surface area (Å²) in [5, 5.41) is 13.5. The number of nitrogens with one attached hydrogen (secondary N) is 1. The van der Waals surface area contributed by atoms with Crippen LogP contribution >= 0.6 is 12.2 Å². The average molecular weight is 348 g/mol. The van der Waals surface area contributed by atoms with E-state index in [0.717, 1.165) is 5.56 Å². The second-order valence-corrected chi connectivity index (χ2v) is 6.90. The van der Waals surface area contributed by atoms with Gasteiger partial charge in [-0.2, -0.15) is 5.10 Å². The van der Waals surface area contributed by atoms with Crippen molar-refractivity contribution < 1.29 is 14.7 Å². The van der Waals surface area contributed by atoms with Gasteiger partial charge in [0.1, 0.15) is 6.33 Å². The van der Waals surface area contributed by atoms with E-state index in [4.69, 9.17) is 12.2 Å². The lowest BCUT2D eigenvalue weighted by molar-refractivity contribution is -0.144. The molecule has 1 atom stereocenters. The van der Waals surface area contributed by atoms with Gasteiger partial charge in [-0.1, -0.05) is 51.1 Å². The Morgan fingerprint density at radius 1 is 1.29 bits per heavy atom. The Labute approximate surface area is 144 Å². The molecule has 128 valence electrons. The molecule has 24 heavy (non-hydrogen) atoms. The molecule has 2 N–H and O–H groups in total. The molecule has 8 heteroatoms. The molecule has 1 aromatic carbocycles. The summed E-state index contributed by atoms with van der Waals surface area (Å²) in [5.74, 6) is -1.29. The fraction of sp³-hybridized carbons (Fsp3) is 0.375. The highest BCUT2D eigenvalue weighted by molar-refractivity contribution is 7.71. The van der Waals surface area contributed by atoms with Crippen molar-refractivity contribution in [2.75, 3.05) is 5.43 Å². The highest BCUT2D eigenvalue weighted by atomic mass is 32.1. The quantitative estimate of drug-likeness (QED) is 0.810. The number of aliphatic carboxylic acids is 1. The summed E-state index contributed by atoms with van der Waals surface area (Å²) in [7, 11) is 0. The standard InChI is InChI=1S/C16H20N4O3S/c1-16(2,3)13(14(22)23)20-15(24)19(10-17-20)18-12(21)9-11-7-5-4-6-8-11/h4-8,10,13H,9H2,1-3H3,(H,18,21)(H,22,23). The zero-order valence-corrected chi connectivity index (χ0v) is 14.6. The van der Waals surface area contributed by atoms with Crippen LogP contribution in [0.4, 0.5) is 0 Å². The summed E-state index contributed by atoms with van der Waals surface area (Å²) < 4.78 is 2.63. The van der Waals surface area contributed by atoms with Crippen LogP contribution in [0.15, 0.2) is 36.7 Å². The summed E-state index contributed by atoms with van der Waals surface area (Å²) in [4.78, 5) is 23.7. The van der Waals surface area contributed by atoms with E-state index in [1.54, 1.807) is 20.8 Å². The monoisotopic (exact) mass is 348 g/mol. The summed E-state index contributed by atoms with van der Waals surface area (Å²) in [6, 6.07) is 8.35. The number of hydrogen-bond donors (Lipinski definition) is 2. The minimum Gasteiger partial charge on any atom is -0.480 e. The van der Waals surface area contributed by atoms with Crippen molar-refractivity contribution in [3.63, 3.8) is 0 Å². The van der Waals surface area contributed by atoms with E-state index in [9.17, 15) is 14.7 Å². The van der Waals surface area contributed by atoms with Crippen LogP contribution in [0.25, 0.3) is 0 Å². The summed E-state index contributed by atoms with van der Waals surface area (Å²) in [6.45, 7) is 5.38. The molecular weight excluding hydrogens is 328 g/mol. The Morgan fingerprint density at radius 3 is 2.46 bits per heavy atom. The molecule has 0 radical (unpaired) electrons. The first-order chi connectivity index (χ1) is 11.2. The van der Waals surface area contributed by atoms with Crippen molar-refractivity contribution in [3.8, 4) is 0 Å². The molecule has 0 aliphatic rings. The highest BCUT2D eigenvalue weighted by Crippen LogP contribution is 2.30. The SMILES string of the molecule is CC(C)(C)C(C(=O)O)n1ncn(NC(=O)Cc2ccccc2)c1=S. The fourth-order valence-corrected chi connectivity index (χ4v) is 2.61. The average Bonchev–Trinajstić information content (AvgIpc) is 2.80. The predicted octanol–water partition coefficient (Wildman–Crippen LogP) is 2.40. The summed E-state index contributed by atoms with van der Waals surface area (Å²) in [5.41, 5.74) is 2.90. The molecule has 0 saturated carbocycles. The third kappa shape index (κ3) is 4.08. The van der Waals surface area contributed by atoms with Crippen molar-refractivity contribution in [2.45, 2.75) is 33.2 Å². The maximum absolute atomic E-state index is 12.1. The Bertz CT molecular complexity index is 790. The van der Waals surface area contributed by atoms with E-state index in [1.165, 1.54) is 15.7 Å². The van der Waals surface area contributed by atoms with E-state index in [2.05, 4.69) is 10.5 Å². The van der Waals surface area contributed by atoms with E-state index in [1.807, 2.05) is 30.3 Å². The maximum Gasteiger partial charge on any atom is 0.329 e. The normalized spacial score (nSPS) is 12.6. The van der Waals surface area contributed by atoms with Gasteiger partial charge >= 0.3 is 5.97 Å². The van der Waals surface area contributed by atoms with Gasteiger partial charge in [0.05, 0.1) is 6.42 Å². The van der Waals surface area contributed by atoms with Gasteiger partial charge in [0.25, 0.3) is 0 Å². The third-order valence-corrected chi connectivity index (χ3v) is 3.83. The zero-order valence-electron chi connectivity index (χ0n) is 13.8. The largest absolute Gasteiger partial charge is 0.480 e. The maximum atomic E-state index is 12.1. The molecule has 0 fully saturated rings. The lowest BCUT2D eigenvalue weighted by Crippen LogP contribution is -2.33. The van der Waals surface area contributed by atoms with Gasteiger partial charge < -0.3 is 5.11 Å². The first kappa shape index (κ1) is 17.9. The van der Waals surface area contributed by atoms with Crippen LogP contribution in [0.3, 0.4) is 0 Å². The number of carbonyl (C=O) groups excluding carboxylic acids is 1. The van der Waals surface area contributed by atoms with Crippen LogP contribution in [0.2, 0.25) is 0 Å². The van der Waals surface area contributed by atoms with Crippen LogP contribution in [0.1, 0.15) is 32.4 Å². The minimum atomic E-state index is -1.03. The van der Waals surface area contributed by atoms with Gasteiger partial charge in [0.2, 0.25) is 10.7 Å². The molecule has 7 nitrogen and oxygen atoms in total. The molecule has 0 aliphatic carbocycles. The van der Waals surface area contributed by atoms with E-state index in [-0.39, 0.29) is 17.1 Å². The lowest BCUT2D eigenvalue weighted by Gasteiger charge is -2.26. The predicted molar refractivity (Wildman–Crippen MR) is 91.7 cm³/mol. The van der Waals surface area contributed by atoms with Gasteiger partial charge in [-0.05, 0) is 23.2 Å². The number of rotatable bonds is 5. The van der Waals surface area contributed by atoms with Crippen molar-refractivity contribution in [3.05, 3.63) is 47.0 Å². The Hall–Kier alpha value is -2.48. The number of aromatic nitrogens is 3. The van der Waals surface area contributed by atoms with Gasteiger partial charge in [-0.3, -0.25) is 10.2 Å². The number of carboxylic acid groups (broad SMARTS) is 1. The smallest absolute Gasteiger partial charge is 0.329 e. The second kappa shape index (κ2) is 6.96. The first-order valence-corrected chi connectivity index (χ1v) is 7.83. The molecule has 0 saturated heterocycles. The molecule has 0 bridgehead atoms. The molecule has 1 aromatic heterocycles. The summed E-state index contributed by atoms with van der Waals surface area (Å²) in [6.07, 6.45) is 1.50. The number of nitrogens with zero attached hydrogens (tertiary/aromatic N) is 3. The van der Waals surface area contributed by atoms with Gasteiger partial charge in [0.15, 0.2) is 6.04 Å².